The van der Waals surface area contributed by atoms with Crippen molar-refractivity contribution >= 4 is 16.8 Å². The Kier molecular flexibility index (Phi) is 4.82. The maximum Gasteiger partial charge on any atom is 0.231 e. The first kappa shape index (κ1) is 17.2. The number of methoxy groups -OCH3 is 1. The van der Waals surface area contributed by atoms with Crippen molar-refractivity contribution < 1.29 is 19.0 Å². The van der Waals surface area contributed by atoms with Gasteiger partial charge in [-0.25, -0.2) is 0 Å². The number of amides is 1. The summed E-state index contributed by atoms with van der Waals surface area (Å²) in [6, 6.07) is 11.6. The molecule has 27 heavy (non-hydrogen) atoms. The molecule has 0 radical (unpaired) electrons. The number of fused-ring (bicyclic) bond motifs is 2. The number of hydrogen-bond donors (Lipinski definition) is 1. The van der Waals surface area contributed by atoms with Crippen LogP contribution in [0.4, 0.5) is 0 Å². The van der Waals surface area contributed by atoms with Gasteiger partial charge in [0.2, 0.25) is 12.7 Å². The lowest BCUT2D eigenvalue weighted by atomic mass is 10.1. The quantitative estimate of drug-likeness (QED) is 0.695. The first-order valence-electron chi connectivity index (χ1n) is 8.88. The first-order chi connectivity index (χ1) is 13.2. The minimum atomic E-state index is 0.00732. The number of nitrogens with one attached hydrogen (secondary N) is 1. The van der Waals surface area contributed by atoms with Gasteiger partial charge in [0, 0.05) is 18.4 Å². The summed E-state index contributed by atoms with van der Waals surface area (Å²) in [6.45, 7) is 1.38. The third kappa shape index (κ3) is 3.81. The van der Waals surface area contributed by atoms with Gasteiger partial charge in [-0.15, -0.1) is 0 Å². The van der Waals surface area contributed by atoms with E-state index in [1.54, 1.807) is 13.3 Å². The highest BCUT2D eigenvalue weighted by atomic mass is 16.7. The molecular formula is C20H21N3O4. The Morgan fingerprint density at radius 2 is 2.11 bits per heavy atom. The van der Waals surface area contributed by atoms with Gasteiger partial charge in [-0.3, -0.25) is 9.48 Å². The molecule has 0 unspecified atom stereocenters. The molecule has 7 heteroatoms. The van der Waals surface area contributed by atoms with E-state index in [0.717, 1.165) is 40.1 Å². The maximum atomic E-state index is 12.1. The van der Waals surface area contributed by atoms with Crippen molar-refractivity contribution in [2.45, 2.75) is 19.4 Å². The van der Waals surface area contributed by atoms with Gasteiger partial charge in [0.1, 0.15) is 5.75 Å². The summed E-state index contributed by atoms with van der Waals surface area (Å²) in [6.07, 6.45) is 2.91. The molecule has 1 N–H and O–H groups in total. The monoisotopic (exact) mass is 367 g/mol. The fraction of sp³-hybridized carbons (Fsp3) is 0.300. The van der Waals surface area contributed by atoms with Crippen LogP contribution < -0.4 is 19.5 Å². The molecule has 2 heterocycles. The van der Waals surface area contributed by atoms with E-state index in [4.69, 9.17) is 14.2 Å². The second-order valence-corrected chi connectivity index (χ2v) is 6.33. The second-order valence-electron chi connectivity index (χ2n) is 6.33. The lowest BCUT2D eigenvalue weighted by Crippen LogP contribution is -2.26. The third-order valence-corrected chi connectivity index (χ3v) is 4.57. The van der Waals surface area contributed by atoms with E-state index in [1.165, 1.54) is 0 Å². The van der Waals surface area contributed by atoms with Gasteiger partial charge in [-0.05, 0) is 42.3 Å². The zero-order valence-electron chi connectivity index (χ0n) is 15.1. The Hall–Kier alpha value is -3.22. The predicted molar refractivity (Wildman–Crippen MR) is 100 cm³/mol. The predicted octanol–water partition coefficient (Wildman–Crippen LogP) is 2.52. The van der Waals surface area contributed by atoms with Crippen LogP contribution >= 0.6 is 0 Å². The second kappa shape index (κ2) is 7.57. The molecule has 1 aromatic heterocycles. The summed E-state index contributed by atoms with van der Waals surface area (Å²) in [5.74, 6) is 2.34. The Morgan fingerprint density at radius 3 is 3.00 bits per heavy atom. The lowest BCUT2D eigenvalue weighted by molar-refractivity contribution is -0.121. The number of ether oxygens (including phenoxy) is 3. The highest BCUT2D eigenvalue weighted by molar-refractivity contribution is 5.80. The standard InChI is InChI=1S/C20H21N3O4/c1-25-16-3-4-17-15(11-16)12-22-23(17)9-7-20(24)21-8-6-14-2-5-18-19(10-14)27-13-26-18/h2-5,10-12H,6-9,13H2,1H3,(H,21,24). The number of hydrogen-bond acceptors (Lipinski definition) is 5. The maximum absolute atomic E-state index is 12.1. The molecule has 0 spiro atoms. The molecule has 0 bridgehead atoms. The van der Waals surface area contributed by atoms with Crippen molar-refractivity contribution in [3.8, 4) is 17.2 Å². The van der Waals surface area contributed by atoms with Crippen molar-refractivity contribution in [3.63, 3.8) is 0 Å². The van der Waals surface area contributed by atoms with Gasteiger partial charge in [-0.2, -0.15) is 5.10 Å². The number of rotatable bonds is 7. The smallest absolute Gasteiger partial charge is 0.231 e. The van der Waals surface area contributed by atoms with Crippen LogP contribution in [0.25, 0.3) is 10.9 Å². The van der Waals surface area contributed by atoms with Crippen molar-refractivity contribution in [1.82, 2.24) is 15.1 Å². The van der Waals surface area contributed by atoms with Crippen LogP contribution in [-0.4, -0.2) is 36.1 Å². The van der Waals surface area contributed by atoms with Crippen LogP contribution in [0.5, 0.6) is 17.2 Å². The molecule has 0 saturated heterocycles. The van der Waals surface area contributed by atoms with E-state index in [1.807, 2.05) is 41.1 Å². The summed E-state index contributed by atoms with van der Waals surface area (Å²) in [5, 5.41) is 8.31. The largest absolute Gasteiger partial charge is 0.497 e. The highest BCUT2D eigenvalue weighted by Gasteiger charge is 2.13. The summed E-state index contributed by atoms with van der Waals surface area (Å²) in [7, 11) is 1.64. The van der Waals surface area contributed by atoms with Gasteiger partial charge in [0.15, 0.2) is 11.5 Å². The Bertz CT molecular complexity index is 967. The topological polar surface area (TPSA) is 74.6 Å². The molecular weight excluding hydrogens is 346 g/mol. The van der Waals surface area contributed by atoms with E-state index < -0.39 is 0 Å². The molecule has 1 aliphatic rings. The van der Waals surface area contributed by atoms with E-state index in [9.17, 15) is 4.79 Å². The number of nitrogens with zero attached hydrogens (tertiary/aromatic N) is 2. The average Bonchev–Trinajstić information content (AvgIpc) is 3.32. The molecule has 7 nitrogen and oxygen atoms in total. The Morgan fingerprint density at radius 1 is 1.22 bits per heavy atom. The number of aromatic nitrogens is 2. The SMILES string of the molecule is COc1ccc2c(cnn2CCC(=O)NCCc2ccc3c(c2)OCO3)c1. The van der Waals surface area contributed by atoms with E-state index in [2.05, 4.69) is 10.4 Å². The molecule has 1 aliphatic heterocycles. The minimum Gasteiger partial charge on any atom is -0.497 e. The van der Waals surface area contributed by atoms with Gasteiger partial charge in [-0.1, -0.05) is 6.07 Å². The summed E-state index contributed by atoms with van der Waals surface area (Å²) < 4.78 is 17.7. The van der Waals surface area contributed by atoms with Crippen LogP contribution in [0.2, 0.25) is 0 Å². The molecule has 2 aromatic carbocycles. The van der Waals surface area contributed by atoms with Gasteiger partial charge in [0.05, 0.1) is 25.4 Å². The highest BCUT2D eigenvalue weighted by Crippen LogP contribution is 2.32. The van der Waals surface area contributed by atoms with E-state index in [0.29, 0.717) is 19.5 Å². The number of carbonyl (C=O) groups excluding carboxylic acids is 1. The summed E-state index contributed by atoms with van der Waals surface area (Å²) in [4.78, 5) is 12.1. The molecule has 0 fully saturated rings. The van der Waals surface area contributed by atoms with Crippen molar-refractivity contribution in [2.24, 2.45) is 0 Å². The molecule has 4 rings (SSSR count). The summed E-state index contributed by atoms with van der Waals surface area (Å²) >= 11 is 0. The summed E-state index contributed by atoms with van der Waals surface area (Å²) in [5.41, 5.74) is 2.09. The van der Waals surface area contributed by atoms with Gasteiger partial charge < -0.3 is 19.5 Å². The Labute approximate surface area is 156 Å². The van der Waals surface area contributed by atoms with Crippen LogP contribution in [-0.2, 0) is 17.8 Å². The van der Waals surface area contributed by atoms with E-state index >= 15 is 0 Å². The lowest BCUT2D eigenvalue weighted by Gasteiger charge is -2.07. The van der Waals surface area contributed by atoms with E-state index in [-0.39, 0.29) is 12.7 Å². The molecule has 3 aromatic rings. The van der Waals surface area contributed by atoms with Crippen molar-refractivity contribution in [2.75, 3.05) is 20.4 Å². The minimum absolute atomic E-state index is 0.00732. The van der Waals surface area contributed by atoms with Crippen LogP contribution in [0, 0.1) is 0 Å². The fourth-order valence-corrected chi connectivity index (χ4v) is 3.11. The molecule has 0 saturated carbocycles. The fourth-order valence-electron chi connectivity index (χ4n) is 3.11. The third-order valence-electron chi connectivity index (χ3n) is 4.57. The molecule has 0 aliphatic carbocycles. The normalized spacial score (nSPS) is 12.3. The molecule has 0 atom stereocenters. The number of carbonyl (C=O) groups is 1. The van der Waals surface area contributed by atoms with Gasteiger partial charge in [0.25, 0.3) is 0 Å². The number of aryl methyl sites for hydroxylation is 1. The van der Waals surface area contributed by atoms with Crippen LogP contribution in [0.1, 0.15) is 12.0 Å². The van der Waals surface area contributed by atoms with Crippen molar-refractivity contribution in [3.05, 3.63) is 48.2 Å². The first-order valence-corrected chi connectivity index (χ1v) is 8.88. The van der Waals surface area contributed by atoms with Crippen LogP contribution in [0.3, 0.4) is 0 Å². The zero-order chi connectivity index (χ0) is 18.6. The van der Waals surface area contributed by atoms with Gasteiger partial charge >= 0.3 is 0 Å². The van der Waals surface area contributed by atoms with Crippen LogP contribution in [0.15, 0.2) is 42.6 Å². The number of benzene rings is 2. The molecule has 1 amide bonds. The molecule has 140 valence electrons. The average molecular weight is 367 g/mol. The zero-order valence-corrected chi connectivity index (χ0v) is 15.1. The Balaban J connectivity index is 1.26. The van der Waals surface area contributed by atoms with Crippen molar-refractivity contribution in [1.29, 1.82) is 0 Å².